The Bertz CT molecular complexity index is 579. The smallest absolute Gasteiger partial charge is 0.262 e. The number of hydrogen-bond donors (Lipinski definition) is 1. The van der Waals surface area contributed by atoms with Crippen LogP contribution in [0.3, 0.4) is 0 Å². The normalized spacial score (nSPS) is 17.9. The minimum absolute atomic E-state index is 0.0725. The Morgan fingerprint density at radius 2 is 2.18 bits per heavy atom. The van der Waals surface area contributed by atoms with Crippen LogP contribution in [-0.2, 0) is 9.53 Å². The number of carbonyl (C=O) groups excluding carboxylic acids is 1. The molecule has 1 heterocycles. The number of rotatable bonds is 5. The van der Waals surface area contributed by atoms with Crippen LogP contribution in [0.25, 0.3) is 6.08 Å². The number of benzene rings is 1. The predicted octanol–water partition coefficient (Wildman–Crippen LogP) is 1.95. The van der Waals surface area contributed by atoms with Gasteiger partial charge in [0.2, 0.25) is 0 Å². The Labute approximate surface area is 131 Å². The number of carbonyl (C=O) groups is 1. The minimum atomic E-state index is -0.352. The summed E-state index contributed by atoms with van der Waals surface area (Å²) >= 11 is 0. The number of amides is 1. The molecule has 1 amide bonds. The lowest BCUT2D eigenvalue weighted by atomic mass is 10.1. The highest BCUT2D eigenvalue weighted by molar-refractivity contribution is 6.01. The summed E-state index contributed by atoms with van der Waals surface area (Å²) in [7, 11) is 3.92. The van der Waals surface area contributed by atoms with E-state index in [1.54, 1.807) is 6.08 Å². The van der Waals surface area contributed by atoms with Crippen molar-refractivity contribution in [3.63, 3.8) is 0 Å². The van der Waals surface area contributed by atoms with E-state index in [9.17, 15) is 10.1 Å². The monoisotopic (exact) mass is 299 g/mol. The van der Waals surface area contributed by atoms with Gasteiger partial charge in [0.05, 0.1) is 6.10 Å². The standard InChI is InChI=1S/C17H21N3O2/c1-20(2)15-7-5-13(6-8-15)10-14(11-18)17(21)19-12-16-4-3-9-22-16/h5-8,10,16H,3-4,9,12H2,1-2H3,(H,19,21)/b14-10-/t16-/m1/s1. The molecule has 0 aromatic heterocycles. The quantitative estimate of drug-likeness (QED) is 0.667. The molecule has 1 atom stereocenters. The van der Waals surface area contributed by atoms with Gasteiger partial charge in [-0.3, -0.25) is 4.79 Å². The first-order chi connectivity index (χ1) is 10.6. The molecule has 0 aliphatic carbocycles. The highest BCUT2D eigenvalue weighted by Crippen LogP contribution is 2.15. The SMILES string of the molecule is CN(C)c1ccc(/C=C(/C#N)C(=O)NC[C@H]2CCCO2)cc1. The average molecular weight is 299 g/mol. The Hall–Kier alpha value is -2.32. The van der Waals surface area contributed by atoms with Crippen molar-refractivity contribution < 1.29 is 9.53 Å². The molecule has 2 rings (SSSR count). The fourth-order valence-electron chi connectivity index (χ4n) is 2.29. The van der Waals surface area contributed by atoms with E-state index in [1.165, 1.54) is 0 Å². The third-order valence-electron chi connectivity index (χ3n) is 3.60. The van der Waals surface area contributed by atoms with Crippen molar-refractivity contribution >= 4 is 17.7 Å². The number of nitrogens with one attached hydrogen (secondary N) is 1. The van der Waals surface area contributed by atoms with Gasteiger partial charge in [-0.2, -0.15) is 5.26 Å². The van der Waals surface area contributed by atoms with Crippen LogP contribution < -0.4 is 10.2 Å². The van der Waals surface area contributed by atoms with Crippen LogP contribution in [0.2, 0.25) is 0 Å². The van der Waals surface area contributed by atoms with Gasteiger partial charge in [-0.05, 0) is 36.6 Å². The van der Waals surface area contributed by atoms with Gasteiger partial charge in [-0.1, -0.05) is 12.1 Å². The molecule has 22 heavy (non-hydrogen) atoms. The lowest BCUT2D eigenvalue weighted by Crippen LogP contribution is -2.32. The number of hydrogen-bond acceptors (Lipinski definition) is 4. The van der Waals surface area contributed by atoms with Gasteiger partial charge in [-0.15, -0.1) is 0 Å². The maximum atomic E-state index is 12.0. The molecule has 116 valence electrons. The molecule has 0 saturated carbocycles. The van der Waals surface area contributed by atoms with Crippen LogP contribution in [-0.4, -0.2) is 39.3 Å². The van der Waals surface area contributed by atoms with Gasteiger partial charge in [0, 0.05) is 32.9 Å². The minimum Gasteiger partial charge on any atom is -0.378 e. The topological polar surface area (TPSA) is 65.4 Å². The van der Waals surface area contributed by atoms with Crippen molar-refractivity contribution in [3.05, 3.63) is 35.4 Å². The molecular weight excluding hydrogens is 278 g/mol. The first-order valence-electron chi connectivity index (χ1n) is 7.39. The second-order valence-electron chi connectivity index (χ2n) is 5.50. The van der Waals surface area contributed by atoms with Crippen molar-refractivity contribution in [1.82, 2.24) is 5.32 Å². The van der Waals surface area contributed by atoms with Crippen molar-refractivity contribution in [3.8, 4) is 6.07 Å². The molecule has 5 nitrogen and oxygen atoms in total. The van der Waals surface area contributed by atoms with E-state index < -0.39 is 0 Å². The molecule has 5 heteroatoms. The zero-order chi connectivity index (χ0) is 15.9. The summed E-state index contributed by atoms with van der Waals surface area (Å²) in [5, 5.41) is 11.9. The Morgan fingerprint density at radius 3 is 2.73 bits per heavy atom. The molecule has 1 aromatic carbocycles. The first kappa shape index (κ1) is 16.1. The summed E-state index contributed by atoms with van der Waals surface area (Å²) in [5.41, 5.74) is 2.00. The van der Waals surface area contributed by atoms with Gasteiger partial charge in [-0.25, -0.2) is 0 Å². The summed E-state index contributed by atoms with van der Waals surface area (Å²) in [6.45, 7) is 1.21. The molecular formula is C17H21N3O2. The van der Waals surface area contributed by atoms with E-state index in [-0.39, 0.29) is 17.6 Å². The van der Waals surface area contributed by atoms with E-state index in [0.717, 1.165) is 30.7 Å². The third-order valence-corrected chi connectivity index (χ3v) is 3.60. The van der Waals surface area contributed by atoms with Gasteiger partial charge < -0.3 is 15.0 Å². The zero-order valence-corrected chi connectivity index (χ0v) is 13.0. The highest BCUT2D eigenvalue weighted by atomic mass is 16.5. The molecule has 0 bridgehead atoms. The molecule has 0 radical (unpaired) electrons. The summed E-state index contributed by atoms with van der Waals surface area (Å²) in [5.74, 6) is -0.352. The molecule has 1 fully saturated rings. The maximum absolute atomic E-state index is 12.0. The van der Waals surface area contributed by atoms with Crippen molar-refractivity contribution in [2.75, 3.05) is 32.1 Å². The van der Waals surface area contributed by atoms with Crippen molar-refractivity contribution in [2.24, 2.45) is 0 Å². The van der Waals surface area contributed by atoms with E-state index in [0.29, 0.717) is 6.54 Å². The fraction of sp³-hybridized carbons (Fsp3) is 0.412. The summed E-state index contributed by atoms with van der Waals surface area (Å²) in [4.78, 5) is 14.0. The average Bonchev–Trinajstić information content (AvgIpc) is 3.04. The van der Waals surface area contributed by atoms with Crippen molar-refractivity contribution in [2.45, 2.75) is 18.9 Å². The second kappa shape index (κ2) is 7.62. The molecule has 0 spiro atoms. The van der Waals surface area contributed by atoms with Crippen LogP contribution in [0.4, 0.5) is 5.69 Å². The third kappa shape index (κ3) is 4.34. The van der Waals surface area contributed by atoms with Crippen LogP contribution in [0, 0.1) is 11.3 Å². The largest absolute Gasteiger partial charge is 0.378 e. The molecule has 1 aromatic rings. The number of ether oxygens (including phenoxy) is 1. The van der Waals surface area contributed by atoms with Crippen molar-refractivity contribution in [1.29, 1.82) is 5.26 Å². The van der Waals surface area contributed by atoms with Gasteiger partial charge in [0.15, 0.2) is 0 Å². The lowest BCUT2D eigenvalue weighted by Gasteiger charge is -2.12. The van der Waals surface area contributed by atoms with Crippen LogP contribution in [0.15, 0.2) is 29.8 Å². The van der Waals surface area contributed by atoms with Gasteiger partial charge in [0.25, 0.3) is 5.91 Å². The molecule has 0 unspecified atom stereocenters. The van der Waals surface area contributed by atoms with E-state index in [1.807, 2.05) is 49.3 Å². The zero-order valence-electron chi connectivity index (χ0n) is 13.0. The van der Waals surface area contributed by atoms with Crippen LogP contribution >= 0.6 is 0 Å². The molecule has 1 N–H and O–H groups in total. The second-order valence-corrected chi connectivity index (χ2v) is 5.50. The molecule has 1 aliphatic rings. The molecule has 1 saturated heterocycles. The van der Waals surface area contributed by atoms with E-state index >= 15 is 0 Å². The highest BCUT2D eigenvalue weighted by Gasteiger charge is 2.17. The number of anilines is 1. The number of nitriles is 1. The Balaban J connectivity index is 1.99. The van der Waals surface area contributed by atoms with Crippen LogP contribution in [0.1, 0.15) is 18.4 Å². The Morgan fingerprint density at radius 1 is 1.45 bits per heavy atom. The predicted molar refractivity (Wildman–Crippen MR) is 86.3 cm³/mol. The summed E-state index contributed by atoms with van der Waals surface area (Å²) < 4.78 is 5.45. The first-order valence-corrected chi connectivity index (χ1v) is 7.39. The van der Waals surface area contributed by atoms with Gasteiger partial charge >= 0.3 is 0 Å². The van der Waals surface area contributed by atoms with E-state index in [2.05, 4.69) is 5.32 Å². The maximum Gasteiger partial charge on any atom is 0.262 e. The van der Waals surface area contributed by atoms with E-state index in [4.69, 9.17) is 4.74 Å². The molecule has 1 aliphatic heterocycles. The fourth-order valence-corrected chi connectivity index (χ4v) is 2.29. The Kier molecular flexibility index (Phi) is 5.56. The summed E-state index contributed by atoms with van der Waals surface area (Å²) in [6.07, 6.45) is 3.66. The number of nitrogens with zero attached hydrogens (tertiary/aromatic N) is 2. The lowest BCUT2D eigenvalue weighted by molar-refractivity contribution is -0.117. The van der Waals surface area contributed by atoms with Gasteiger partial charge in [0.1, 0.15) is 11.6 Å². The van der Waals surface area contributed by atoms with Crippen LogP contribution in [0.5, 0.6) is 0 Å². The summed E-state index contributed by atoms with van der Waals surface area (Å²) in [6, 6.07) is 9.64.